The number of nitrogens with zero attached hydrogens (tertiary/aromatic N) is 1. The molecule has 2 atom stereocenters. The molecule has 0 saturated heterocycles. The van der Waals surface area contributed by atoms with Gasteiger partial charge in [0.2, 0.25) is 5.91 Å². The van der Waals surface area contributed by atoms with E-state index >= 15 is 0 Å². The van der Waals surface area contributed by atoms with Crippen LogP contribution in [0.15, 0.2) is 114 Å². The second kappa shape index (κ2) is 12.1. The van der Waals surface area contributed by atoms with Gasteiger partial charge in [-0.2, -0.15) is 0 Å². The zero-order chi connectivity index (χ0) is 29.1. The van der Waals surface area contributed by atoms with E-state index in [4.69, 9.17) is 11.6 Å². The Morgan fingerprint density at radius 3 is 2.36 bits per heavy atom. The number of para-hydroxylation sites is 1. The number of thioether (sulfide) groups is 1. The Morgan fingerprint density at radius 1 is 0.881 bits per heavy atom. The SMILES string of the molecule is O=C(CN1C(=O)[C@@H](NC(=O)c2cc3ccccc3[nH]2)[C@H](c2ccccc2)Sc2cc(Cl)ccc21)NCc1ccccc1. The summed E-state index contributed by atoms with van der Waals surface area (Å²) in [6.07, 6.45) is 0. The molecule has 1 aliphatic rings. The number of anilines is 1. The van der Waals surface area contributed by atoms with Crippen LogP contribution in [0.4, 0.5) is 5.69 Å². The highest BCUT2D eigenvalue weighted by atomic mass is 35.5. The molecule has 0 unspecified atom stereocenters. The minimum atomic E-state index is -0.982. The van der Waals surface area contributed by atoms with Crippen molar-refractivity contribution < 1.29 is 14.4 Å². The van der Waals surface area contributed by atoms with Gasteiger partial charge in [-0.1, -0.05) is 90.5 Å². The molecule has 0 radical (unpaired) electrons. The van der Waals surface area contributed by atoms with Crippen LogP contribution in [-0.4, -0.2) is 35.3 Å². The van der Waals surface area contributed by atoms with Crippen molar-refractivity contribution >= 4 is 57.7 Å². The van der Waals surface area contributed by atoms with Crippen molar-refractivity contribution in [1.29, 1.82) is 0 Å². The molecule has 1 aliphatic heterocycles. The number of hydrogen-bond donors (Lipinski definition) is 3. The number of aromatic nitrogens is 1. The second-order valence-electron chi connectivity index (χ2n) is 9.97. The van der Waals surface area contributed by atoms with E-state index in [9.17, 15) is 14.4 Å². The molecule has 0 saturated carbocycles. The van der Waals surface area contributed by atoms with Crippen LogP contribution in [0.3, 0.4) is 0 Å². The Hall–Kier alpha value is -4.53. The van der Waals surface area contributed by atoms with Crippen LogP contribution >= 0.6 is 23.4 Å². The summed E-state index contributed by atoms with van der Waals surface area (Å²) in [7, 11) is 0. The molecule has 210 valence electrons. The van der Waals surface area contributed by atoms with Gasteiger partial charge in [0.05, 0.1) is 10.9 Å². The molecule has 3 N–H and O–H groups in total. The van der Waals surface area contributed by atoms with E-state index in [0.717, 1.165) is 26.9 Å². The number of carbonyl (C=O) groups excluding carboxylic acids is 3. The highest BCUT2D eigenvalue weighted by Gasteiger charge is 2.40. The molecular weight excluding hydrogens is 568 g/mol. The minimum absolute atomic E-state index is 0.221. The topological polar surface area (TPSA) is 94.3 Å². The molecule has 0 spiro atoms. The summed E-state index contributed by atoms with van der Waals surface area (Å²) in [5, 5.41) is 6.82. The number of fused-ring (bicyclic) bond motifs is 2. The molecule has 9 heteroatoms. The number of halogens is 1. The Labute approximate surface area is 252 Å². The van der Waals surface area contributed by atoms with Gasteiger partial charge >= 0.3 is 0 Å². The zero-order valence-corrected chi connectivity index (χ0v) is 24.0. The van der Waals surface area contributed by atoms with Crippen LogP contribution in [0.5, 0.6) is 0 Å². The highest BCUT2D eigenvalue weighted by molar-refractivity contribution is 7.99. The third kappa shape index (κ3) is 5.91. The lowest BCUT2D eigenvalue weighted by molar-refractivity contribution is -0.124. The quantitative estimate of drug-likeness (QED) is 0.212. The minimum Gasteiger partial charge on any atom is -0.351 e. The maximum absolute atomic E-state index is 14.4. The Kier molecular flexibility index (Phi) is 7.99. The smallest absolute Gasteiger partial charge is 0.268 e. The molecule has 4 aromatic carbocycles. The third-order valence-corrected chi connectivity index (χ3v) is 8.74. The first-order valence-corrected chi connectivity index (χ1v) is 14.7. The van der Waals surface area contributed by atoms with Crippen LogP contribution in [0, 0.1) is 0 Å². The number of H-pyrrole nitrogens is 1. The van der Waals surface area contributed by atoms with E-state index in [2.05, 4.69) is 15.6 Å². The summed E-state index contributed by atoms with van der Waals surface area (Å²) in [4.78, 5) is 46.5. The summed E-state index contributed by atoms with van der Waals surface area (Å²) in [5.41, 5.74) is 3.54. The first-order valence-electron chi connectivity index (χ1n) is 13.5. The highest BCUT2D eigenvalue weighted by Crippen LogP contribution is 2.46. The number of amides is 3. The van der Waals surface area contributed by atoms with Gasteiger partial charge in [0.25, 0.3) is 11.8 Å². The van der Waals surface area contributed by atoms with Crippen LogP contribution in [0.1, 0.15) is 26.9 Å². The lowest BCUT2D eigenvalue weighted by atomic mass is 10.0. The first kappa shape index (κ1) is 27.6. The van der Waals surface area contributed by atoms with E-state index in [-0.39, 0.29) is 12.5 Å². The van der Waals surface area contributed by atoms with Gasteiger partial charge in [-0.05, 0) is 41.5 Å². The molecule has 0 bridgehead atoms. The predicted molar refractivity (Wildman–Crippen MR) is 167 cm³/mol. The van der Waals surface area contributed by atoms with E-state index in [1.807, 2.05) is 84.9 Å². The average molecular weight is 595 g/mol. The molecule has 0 aliphatic carbocycles. The van der Waals surface area contributed by atoms with Gasteiger partial charge in [0.15, 0.2) is 0 Å². The number of aromatic amines is 1. The molecule has 3 amide bonds. The summed E-state index contributed by atoms with van der Waals surface area (Å²) < 4.78 is 0. The second-order valence-corrected chi connectivity index (χ2v) is 11.6. The molecule has 6 rings (SSSR count). The fraction of sp³-hybridized carbons (Fsp3) is 0.121. The van der Waals surface area contributed by atoms with Gasteiger partial charge in [-0.15, -0.1) is 11.8 Å². The normalized spacial score (nSPS) is 16.5. The molecule has 5 aromatic rings. The Balaban J connectivity index is 1.35. The molecule has 1 aromatic heterocycles. The van der Waals surface area contributed by atoms with Crippen LogP contribution < -0.4 is 15.5 Å². The van der Waals surface area contributed by atoms with Crippen LogP contribution in [0.2, 0.25) is 5.02 Å². The third-order valence-electron chi connectivity index (χ3n) is 7.12. The van der Waals surface area contributed by atoms with Gasteiger partial charge < -0.3 is 20.5 Å². The van der Waals surface area contributed by atoms with Gasteiger partial charge in [0, 0.05) is 27.4 Å². The summed E-state index contributed by atoms with van der Waals surface area (Å²) in [5.74, 6) is -1.13. The lowest BCUT2D eigenvalue weighted by Gasteiger charge is -2.28. The fourth-order valence-electron chi connectivity index (χ4n) is 5.04. The van der Waals surface area contributed by atoms with Crippen molar-refractivity contribution in [1.82, 2.24) is 15.6 Å². The van der Waals surface area contributed by atoms with Crippen molar-refractivity contribution in [2.45, 2.75) is 22.7 Å². The van der Waals surface area contributed by atoms with Crippen molar-refractivity contribution in [3.63, 3.8) is 0 Å². The van der Waals surface area contributed by atoms with Gasteiger partial charge in [-0.3, -0.25) is 14.4 Å². The summed E-state index contributed by atoms with van der Waals surface area (Å²) in [6.45, 7) is 0.109. The molecule has 7 nitrogen and oxygen atoms in total. The number of hydrogen-bond acceptors (Lipinski definition) is 4. The monoisotopic (exact) mass is 594 g/mol. The van der Waals surface area contributed by atoms with Crippen molar-refractivity contribution in [3.05, 3.63) is 131 Å². The Bertz CT molecular complexity index is 1730. The standard InChI is InChI=1S/C33H27ClN4O3S/c34-24-15-16-27-28(18-24)42-31(22-11-5-2-6-12-22)30(37-32(40)26-17-23-13-7-8-14-25(23)36-26)33(41)38(27)20-29(39)35-19-21-9-3-1-4-10-21/h1-18,30-31,36H,19-20H2,(H,35,39)(H,37,40)/t30-,31-/m0/s1. The van der Waals surface area contributed by atoms with Crippen LogP contribution in [-0.2, 0) is 16.1 Å². The predicted octanol–water partition coefficient (Wildman–Crippen LogP) is 6.12. The van der Waals surface area contributed by atoms with Crippen LogP contribution in [0.25, 0.3) is 10.9 Å². The number of carbonyl (C=O) groups is 3. The van der Waals surface area contributed by atoms with E-state index in [0.29, 0.717) is 22.9 Å². The first-order chi connectivity index (χ1) is 20.5. The molecule has 42 heavy (non-hydrogen) atoms. The number of rotatable bonds is 7. The molecule has 0 fully saturated rings. The van der Waals surface area contributed by atoms with E-state index < -0.39 is 23.1 Å². The Morgan fingerprint density at radius 2 is 1.60 bits per heavy atom. The van der Waals surface area contributed by atoms with Crippen molar-refractivity contribution in [2.75, 3.05) is 11.4 Å². The van der Waals surface area contributed by atoms with Crippen molar-refractivity contribution in [3.8, 4) is 0 Å². The largest absolute Gasteiger partial charge is 0.351 e. The summed E-state index contributed by atoms with van der Waals surface area (Å²) >= 11 is 7.84. The van der Waals surface area contributed by atoms with Gasteiger partial charge in [-0.25, -0.2) is 0 Å². The molecular formula is C33H27ClN4O3S. The number of benzene rings is 4. The zero-order valence-electron chi connectivity index (χ0n) is 22.4. The van der Waals surface area contributed by atoms with E-state index in [1.165, 1.54) is 16.7 Å². The number of nitrogens with one attached hydrogen (secondary N) is 3. The van der Waals surface area contributed by atoms with Gasteiger partial charge in [0.1, 0.15) is 18.3 Å². The maximum Gasteiger partial charge on any atom is 0.268 e. The summed E-state index contributed by atoms with van der Waals surface area (Å²) in [6, 6.07) is 32.7. The lowest BCUT2D eigenvalue weighted by Crippen LogP contribution is -2.52. The molecule has 2 heterocycles. The fourth-order valence-corrected chi connectivity index (χ4v) is 6.66. The average Bonchev–Trinajstić information content (AvgIpc) is 3.42. The maximum atomic E-state index is 14.4. The van der Waals surface area contributed by atoms with E-state index in [1.54, 1.807) is 24.3 Å². The van der Waals surface area contributed by atoms with Crippen molar-refractivity contribution in [2.24, 2.45) is 0 Å².